The van der Waals surface area contributed by atoms with Crippen molar-refractivity contribution in [1.82, 2.24) is 5.32 Å². The van der Waals surface area contributed by atoms with Gasteiger partial charge in [-0.2, -0.15) is 0 Å². The van der Waals surface area contributed by atoms with Crippen LogP contribution in [0, 0.1) is 5.92 Å². The number of carbonyl (C=O) groups excluding carboxylic acids is 1. The fraction of sp³-hybridized carbons (Fsp3) is 0.278. The number of hydrogen-bond donors (Lipinski definition) is 3. The van der Waals surface area contributed by atoms with E-state index < -0.39 is 0 Å². The van der Waals surface area contributed by atoms with E-state index in [1.807, 2.05) is 44.2 Å². The molecule has 3 N–H and O–H groups in total. The third-order valence-electron chi connectivity index (χ3n) is 3.69. The van der Waals surface area contributed by atoms with Crippen LogP contribution in [0.2, 0.25) is 0 Å². The molecular weight excluding hydrogens is 278 g/mol. The van der Waals surface area contributed by atoms with Crippen molar-refractivity contribution in [2.45, 2.75) is 26.3 Å². The fourth-order valence-electron chi connectivity index (χ4n) is 2.32. The molecule has 0 saturated heterocycles. The third kappa shape index (κ3) is 4.01. The summed E-state index contributed by atoms with van der Waals surface area (Å²) < 4.78 is 0. The molecule has 0 spiro atoms. The number of benzene rings is 2. The number of hydrogen-bond acceptors (Lipinski definition) is 3. The maximum Gasteiger partial charge on any atom is 0.223 e. The molecule has 0 saturated carbocycles. The smallest absolute Gasteiger partial charge is 0.223 e. The van der Waals surface area contributed by atoms with Gasteiger partial charge in [0.15, 0.2) is 11.5 Å². The van der Waals surface area contributed by atoms with Crippen LogP contribution in [0.15, 0.2) is 48.5 Å². The van der Waals surface area contributed by atoms with Gasteiger partial charge in [0.1, 0.15) is 0 Å². The van der Waals surface area contributed by atoms with Gasteiger partial charge in [-0.3, -0.25) is 4.79 Å². The fourth-order valence-corrected chi connectivity index (χ4v) is 2.32. The van der Waals surface area contributed by atoms with Gasteiger partial charge in [-0.15, -0.1) is 0 Å². The van der Waals surface area contributed by atoms with Crippen LogP contribution in [0.1, 0.15) is 31.0 Å². The maximum absolute atomic E-state index is 12.3. The highest BCUT2D eigenvalue weighted by Crippen LogP contribution is 2.26. The second-order valence-electron chi connectivity index (χ2n) is 5.57. The van der Waals surface area contributed by atoms with Crippen molar-refractivity contribution < 1.29 is 15.0 Å². The van der Waals surface area contributed by atoms with Gasteiger partial charge in [-0.05, 0) is 36.6 Å². The molecule has 4 nitrogen and oxygen atoms in total. The first-order chi connectivity index (χ1) is 10.5. The molecule has 0 radical (unpaired) electrons. The average molecular weight is 299 g/mol. The molecule has 0 aliphatic rings. The van der Waals surface area contributed by atoms with Crippen molar-refractivity contribution in [3.63, 3.8) is 0 Å². The number of carbonyl (C=O) groups is 1. The Balaban J connectivity index is 1.95. The minimum Gasteiger partial charge on any atom is -0.504 e. The summed E-state index contributed by atoms with van der Waals surface area (Å²) in [6, 6.07) is 14.4. The van der Waals surface area contributed by atoms with Crippen LogP contribution in [-0.4, -0.2) is 16.1 Å². The van der Waals surface area contributed by atoms with Gasteiger partial charge in [0, 0.05) is 5.92 Å². The first-order valence-corrected chi connectivity index (χ1v) is 7.33. The first-order valence-electron chi connectivity index (χ1n) is 7.33. The zero-order valence-corrected chi connectivity index (χ0v) is 12.8. The number of phenolic OH excluding ortho intramolecular Hbond substituents is 2. The van der Waals surface area contributed by atoms with Gasteiger partial charge in [0.25, 0.3) is 0 Å². The second kappa shape index (κ2) is 6.98. The van der Waals surface area contributed by atoms with Gasteiger partial charge < -0.3 is 15.5 Å². The van der Waals surface area contributed by atoms with Crippen LogP contribution in [0.3, 0.4) is 0 Å². The van der Waals surface area contributed by atoms with Crippen molar-refractivity contribution in [3.05, 3.63) is 59.7 Å². The molecule has 2 unspecified atom stereocenters. The van der Waals surface area contributed by atoms with Crippen LogP contribution in [0.25, 0.3) is 0 Å². The van der Waals surface area contributed by atoms with Crippen molar-refractivity contribution >= 4 is 5.91 Å². The molecule has 0 bridgehead atoms. The van der Waals surface area contributed by atoms with E-state index in [4.69, 9.17) is 0 Å². The van der Waals surface area contributed by atoms with E-state index in [0.29, 0.717) is 6.42 Å². The number of amides is 1. The van der Waals surface area contributed by atoms with E-state index in [1.165, 1.54) is 12.1 Å². The zero-order valence-electron chi connectivity index (χ0n) is 12.8. The molecule has 2 aromatic carbocycles. The monoisotopic (exact) mass is 299 g/mol. The Morgan fingerprint density at radius 3 is 2.36 bits per heavy atom. The molecule has 1 amide bonds. The van der Waals surface area contributed by atoms with Crippen LogP contribution in [-0.2, 0) is 11.2 Å². The molecule has 0 aromatic heterocycles. The summed E-state index contributed by atoms with van der Waals surface area (Å²) in [7, 11) is 0. The average Bonchev–Trinajstić information content (AvgIpc) is 2.51. The molecule has 2 aromatic rings. The Morgan fingerprint density at radius 2 is 1.73 bits per heavy atom. The normalized spacial score (nSPS) is 13.4. The van der Waals surface area contributed by atoms with E-state index >= 15 is 0 Å². The standard InChI is InChI=1S/C18H21NO3/c1-12(10-14-8-9-16(20)17(21)11-14)18(22)19-13(2)15-6-4-3-5-7-15/h3-9,11-13,20-21H,10H2,1-2H3,(H,19,22). The molecular formula is C18H21NO3. The Hall–Kier alpha value is -2.49. The summed E-state index contributed by atoms with van der Waals surface area (Å²) >= 11 is 0. The number of phenols is 2. The summed E-state index contributed by atoms with van der Waals surface area (Å²) in [6.45, 7) is 3.79. The number of aromatic hydroxyl groups is 2. The largest absolute Gasteiger partial charge is 0.504 e. The SMILES string of the molecule is CC(Cc1ccc(O)c(O)c1)C(=O)NC(C)c1ccccc1. The topological polar surface area (TPSA) is 69.6 Å². The van der Waals surface area contributed by atoms with Gasteiger partial charge in [-0.1, -0.05) is 43.3 Å². The summed E-state index contributed by atoms with van der Waals surface area (Å²) in [6.07, 6.45) is 0.501. The van der Waals surface area contributed by atoms with Crippen molar-refractivity contribution in [2.24, 2.45) is 5.92 Å². The Morgan fingerprint density at radius 1 is 1.05 bits per heavy atom. The highest BCUT2D eigenvalue weighted by molar-refractivity contribution is 5.79. The Labute approximate surface area is 130 Å². The van der Waals surface area contributed by atoms with Crippen molar-refractivity contribution in [2.75, 3.05) is 0 Å². The lowest BCUT2D eigenvalue weighted by atomic mass is 9.99. The van der Waals surface area contributed by atoms with Gasteiger partial charge in [-0.25, -0.2) is 0 Å². The Kier molecular flexibility index (Phi) is 5.04. The molecule has 2 atom stereocenters. The predicted octanol–water partition coefficient (Wildman–Crippen LogP) is 3.15. The molecule has 4 heteroatoms. The van der Waals surface area contributed by atoms with Crippen molar-refractivity contribution in [1.29, 1.82) is 0 Å². The third-order valence-corrected chi connectivity index (χ3v) is 3.69. The van der Waals surface area contributed by atoms with Gasteiger partial charge >= 0.3 is 0 Å². The number of nitrogens with one attached hydrogen (secondary N) is 1. The lowest BCUT2D eigenvalue weighted by Crippen LogP contribution is -2.32. The summed E-state index contributed by atoms with van der Waals surface area (Å²) in [5.74, 6) is -0.583. The highest BCUT2D eigenvalue weighted by Gasteiger charge is 2.17. The molecule has 0 aliphatic heterocycles. The quantitative estimate of drug-likeness (QED) is 0.743. The Bertz CT molecular complexity index is 640. The zero-order chi connectivity index (χ0) is 16.1. The summed E-state index contributed by atoms with van der Waals surface area (Å²) in [5.41, 5.74) is 1.87. The summed E-state index contributed by atoms with van der Waals surface area (Å²) in [4.78, 5) is 12.3. The minimum absolute atomic E-state index is 0.0380. The molecule has 0 aliphatic carbocycles. The lowest BCUT2D eigenvalue weighted by molar-refractivity contribution is -0.125. The lowest BCUT2D eigenvalue weighted by Gasteiger charge is -2.18. The first kappa shape index (κ1) is 15.9. The van der Waals surface area contributed by atoms with Gasteiger partial charge in [0.2, 0.25) is 5.91 Å². The van der Waals surface area contributed by atoms with E-state index in [1.54, 1.807) is 6.07 Å². The molecule has 0 fully saturated rings. The second-order valence-corrected chi connectivity index (χ2v) is 5.57. The van der Waals surface area contributed by atoms with Crippen molar-refractivity contribution in [3.8, 4) is 11.5 Å². The highest BCUT2D eigenvalue weighted by atomic mass is 16.3. The molecule has 116 valence electrons. The van der Waals surface area contributed by atoms with Crippen LogP contribution >= 0.6 is 0 Å². The van der Waals surface area contributed by atoms with Crippen LogP contribution in [0.4, 0.5) is 0 Å². The molecule has 2 rings (SSSR count). The van der Waals surface area contributed by atoms with E-state index in [9.17, 15) is 15.0 Å². The number of rotatable bonds is 5. The minimum atomic E-state index is -0.227. The molecule has 22 heavy (non-hydrogen) atoms. The maximum atomic E-state index is 12.3. The van der Waals surface area contributed by atoms with E-state index in [2.05, 4.69) is 5.32 Å². The van der Waals surface area contributed by atoms with E-state index in [-0.39, 0.29) is 29.4 Å². The van der Waals surface area contributed by atoms with Crippen LogP contribution in [0.5, 0.6) is 11.5 Å². The van der Waals surface area contributed by atoms with Gasteiger partial charge in [0.05, 0.1) is 6.04 Å². The summed E-state index contributed by atoms with van der Waals surface area (Å²) in [5, 5.41) is 21.8. The predicted molar refractivity (Wildman–Crippen MR) is 85.6 cm³/mol. The van der Waals surface area contributed by atoms with E-state index in [0.717, 1.165) is 11.1 Å². The molecule has 0 heterocycles. The van der Waals surface area contributed by atoms with Crippen LogP contribution < -0.4 is 5.32 Å².